The molecule has 0 fully saturated rings. The Labute approximate surface area is 171 Å². The van der Waals surface area contributed by atoms with Crippen LogP contribution < -0.4 is 15.4 Å². The number of benzene rings is 2. The number of methoxy groups -OCH3 is 1. The van der Waals surface area contributed by atoms with Crippen LogP contribution >= 0.6 is 0 Å². The molecule has 6 heteroatoms. The number of ether oxygens (including phenoxy) is 1. The maximum atomic E-state index is 12.2. The highest BCUT2D eigenvalue weighted by Gasteiger charge is 2.07. The molecule has 2 aromatic carbocycles. The maximum Gasteiger partial charge on any atom is 0.254 e. The molecular formula is C23H26N4O2. The van der Waals surface area contributed by atoms with Crippen LogP contribution in [0.15, 0.2) is 67.0 Å². The van der Waals surface area contributed by atoms with Gasteiger partial charge in [-0.3, -0.25) is 4.79 Å². The first-order valence-corrected chi connectivity index (χ1v) is 9.75. The van der Waals surface area contributed by atoms with Crippen molar-refractivity contribution in [3.05, 3.63) is 83.7 Å². The van der Waals surface area contributed by atoms with Gasteiger partial charge in [-0.2, -0.15) is 0 Å². The fraction of sp³-hybridized carbons (Fsp3) is 0.261. The average molecular weight is 390 g/mol. The Kier molecular flexibility index (Phi) is 7.57. The van der Waals surface area contributed by atoms with E-state index in [1.54, 1.807) is 19.5 Å². The van der Waals surface area contributed by atoms with E-state index in [4.69, 9.17) is 4.74 Å². The second kappa shape index (κ2) is 10.8. The van der Waals surface area contributed by atoms with E-state index in [0.29, 0.717) is 18.1 Å². The third kappa shape index (κ3) is 6.60. The molecule has 1 aromatic heterocycles. The van der Waals surface area contributed by atoms with Crippen LogP contribution in [0.4, 0.5) is 5.95 Å². The van der Waals surface area contributed by atoms with Crippen molar-refractivity contribution in [1.29, 1.82) is 0 Å². The maximum absolute atomic E-state index is 12.2. The molecule has 1 amide bonds. The molecule has 0 aliphatic rings. The summed E-state index contributed by atoms with van der Waals surface area (Å²) in [5, 5.41) is 6.09. The predicted molar refractivity (Wildman–Crippen MR) is 114 cm³/mol. The van der Waals surface area contributed by atoms with E-state index < -0.39 is 0 Å². The van der Waals surface area contributed by atoms with Crippen molar-refractivity contribution >= 4 is 11.9 Å². The van der Waals surface area contributed by atoms with Crippen molar-refractivity contribution in [3.63, 3.8) is 0 Å². The topological polar surface area (TPSA) is 76.1 Å². The molecule has 2 N–H and O–H groups in total. The number of anilines is 1. The number of aromatic nitrogens is 2. The number of hydrogen-bond acceptors (Lipinski definition) is 5. The van der Waals surface area contributed by atoms with Crippen LogP contribution in [0.1, 0.15) is 27.9 Å². The van der Waals surface area contributed by atoms with E-state index >= 15 is 0 Å². The normalized spacial score (nSPS) is 10.4. The Morgan fingerprint density at radius 3 is 2.28 bits per heavy atom. The summed E-state index contributed by atoms with van der Waals surface area (Å²) < 4.78 is 5.14. The van der Waals surface area contributed by atoms with Gasteiger partial charge in [0.05, 0.1) is 12.7 Å². The van der Waals surface area contributed by atoms with Gasteiger partial charge in [-0.15, -0.1) is 0 Å². The number of nitrogens with zero attached hydrogens (tertiary/aromatic N) is 2. The SMILES string of the molecule is COc1ccc(CCNC(=O)c2cnc(NCCCc3ccccc3)nc2)cc1. The van der Waals surface area contributed by atoms with Crippen LogP contribution in [-0.2, 0) is 12.8 Å². The Morgan fingerprint density at radius 1 is 0.897 bits per heavy atom. The zero-order valence-corrected chi connectivity index (χ0v) is 16.6. The highest BCUT2D eigenvalue weighted by Crippen LogP contribution is 2.11. The first-order valence-electron chi connectivity index (χ1n) is 9.75. The van der Waals surface area contributed by atoms with Crippen LogP contribution in [0.3, 0.4) is 0 Å². The molecule has 0 spiro atoms. The van der Waals surface area contributed by atoms with E-state index in [2.05, 4.69) is 32.7 Å². The first-order chi connectivity index (χ1) is 14.2. The van der Waals surface area contributed by atoms with Gasteiger partial charge in [0.25, 0.3) is 5.91 Å². The van der Waals surface area contributed by atoms with Crippen molar-refractivity contribution in [3.8, 4) is 5.75 Å². The minimum atomic E-state index is -0.172. The summed E-state index contributed by atoms with van der Waals surface area (Å²) in [5.74, 6) is 1.19. The molecule has 0 bridgehead atoms. The number of carbonyl (C=O) groups is 1. The standard InChI is InChI=1S/C23H26N4O2/c1-29-21-11-9-19(10-12-21)13-15-24-22(28)20-16-26-23(27-17-20)25-14-5-8-18-6-3-2-4-7-18/h2-4,6-7,9-12,16-17H,5,8,13-15H2,1H3,(H,24,28)(H,25,26,27). The quantitative estimate of drug-likeness (QED) is 0.518. The Bertz CT molecular complexity index is 881. The third-order valence-electron chi connectivity index (χ3n) is 4.54. The van der Waals surface area contributed by atoms with Crippen molar-refractivity contribution in [1.82, 2.24) is 15.3 Å². The van der Waals surface area contributed by atoms with Gasteiger partial charge < -0.3 is 15.4 Å². The molecule has 1 heterocycles. The van der Waals surface area contributed by atoms with Gasteiger partial charge in [-0.05, 0) is 42.5 Å². The van der Waals surface area contributed by atoms with Gasteiger partial charge in [0, 0.05) is 25.5 Å². The molecule has 0 saturated carbocycles. The van der Waals surface area contributed by atoms with E-state index in [-0.39, 0.29) is 5.91 Å². The van der Waals surface area contributed by atoms with Crippen LogP contribution in [0.2, 0.25) is 0 Å². The molecule has 0 unspecified atom stereocenters. The lowest BCUT2D eigenvalue weighted by molar-refractivity contribution is 0.0953. The van der Waals surface area contributed by atoms with Gasteiger partial charge in [-0.25, -0.2) is 9.97 Å². The molecule has 150 valence electrons. The van der Waals surface area contributed by atoms with Gasteiger partial charge >= 0.3 is 0 Å². The third-order valence-corrected chi connectivity index (χ3v) is 4.54. The summed E-state index contributed by atoms with van der Waals surface area (Å²) in [7, 11) is 1.64. The molecule has 0 radical (unpaired) electrons. The summed E-state index contributed by atoms with van der Waals surface area (Å²) >= 11 is 0. The Morgan fingerprint density at radius 2 is 1.59 bits per heavy atom. The molecule has 3 aromatic rings. The Hall–Kier alpha value is -3.41. The van der Waals surface area contributed by atoms with Crippen LogP contribution in [0.25, 0.3) is 0 Å². The lowest BCUT2D eigenvalue weighted by atomic mass is 10.1. The molecular weight excluding hydrogens is 364 g/mol. The Balaban J connectivity index is 1.37. The summed E-state index contributed by atoms with van der Waals surface area (Å²) in [6.07, 6.45) is 5.84. The van der Waals surface area contributed by atoms with Crippen molar-refractivity contribution in [2.45, 2.75) is 19.3 Å². The highest BCUT2D eigenvalue weighted by atomic mass is 16.5. The average Bonchev–Trinajstić information content (AvgIpc) is 2.78. The molecule has 0 saturated heterocycles. The summed E-state index contributed by atoms with van der Waals surface area (Å²) in [5.41, 5.74) is 2.91. The van der Waals surface area contributed by atoms with Gasteiger partial charge in [0.1, 0.15) is 5.75 Å². The number of aryl methyl sites for hydroxylation is 1. The molecule has 29 heavy (non-hydrogen) atoms. The lowest BCUT2D eigenvalue weighted by Gasteiger charge is -2.07. The molecule has 0 aliphatic carbocycles. The number of nitrogens with one attached hydrogen (secondary N) is 2. The van der Waals surface area contributed by atoms with Crippen LogP contribution in [0, 0.1) is 0 Å². The number of hydrogen-bond donors (Lipinski definition) is 2. The minimum absolute atomic E-state index is 0.172. The van der Waals surface area contributed by atoms with Crippen molar-refractivity contribution in [2.75, 3.05) is 25.5 Å². The van der Waals surface area contributed by atoms with E-state index in [0.717, 1.165) is 37.1 Å². The fourth-order valence-electron chi connectivity index (χ4n) is 2.89. The van der Waals surface area contributed by atoms with Crippen LogP contribution in [-0.4, -0.2) is 36.1 Å². The van der Waals surface area contributed by atoms with Crippen LogP contribution in [0.5, 0.6) is 5.75 Å². The second-order valence-corrected chi connectivity index (χ2v) is 6.67. The molecule has 3 rings (SSSR count). The predicted octanol–water partition coefficient (Wildman–Crippen LogP) is 3.50. The molecule has 0 aliphatic heterocycles. The number of carbonyl (C=O) groups excluding carboxylic acids is 1. The van der Waals surface area contributed by atoms with Gasteiger partial charge in [0.2, 0.25) is 5.95 Å². The monoisotopic (exact) mass is 390 g/mol. The number of rotatable bonds is 10. The lowest BCUT2D eigenvalue weighted by Crippen LogP contribution is -2.26. The number of amides is 1. The van der Waals surface area contributed by atoms with Crippen molar-refractivity contribution in [2.24, 2.45) is 0 Å². The van der Waals surface area contributed by atoms with E-state index in [9.17, 15) is 4.79 Å². The van der Waals surface area contributed by atoms with E-state index in [1.165, 1.54) is 5.56 Å². The highest BCUT2D eigenvalue weighted by molar-refractivity contribution is 5.93. The fourth-order valence-corrected chi connectivity index (χ4v) is 2.89. The summed E-state index contributed by atoms with van der Waals surface area (Å²) in [6.45, 7) is 1.33. The zero-order valence-electron chi connectivity index (χ0n) is 16.6. The smallest absolute Gasteiger partial charge is 0.254 e. The summed E-state index contributed by atoms with van der Waals surface area (Å²) in [6, 6.07) is 18.2. The largest absolute Gasteiger partial charge is 0.497 e. The molecule has 0 atom stereocenters. The zero-order chi connectivity index (χ0) is 20.3. The van der Waals surface area contributed by atoms with Gasteiger partial charge in [-0.1, -0.05) is 42.5 Å². The first kappa shape index (κ1) is 20.3. The minimum Gasteiger partial charge on any atom is -0.497 e. The van der Waals surface area contributed by atoms with Gasteiger partial charge in [0.15, 0.2) is 0 Å². The molecule has 6 nitrogen and oxygen atoms in total. The summed E-state index contributed by atoms with van der Waals surface area (Å²) in [4.78, 5) is 20.7. The van der Waals surface area contributed by atoms with E-state index in [1.807, 2.05) is 42.5 Å². The van der Waals surface area contributed by atoms with Crippen molar-refractivity contribution < 1.29 is 9.53 Å². The second-order valence-electron chi connectivity index (χ2n) is 6.67.